The van der Waals surface area contributed by atoms with Crippen molar-refractivity contribution in [2.75, 3.05) is 17.7 Å². The van der Waals surface area contributed by atoms with Crippen LogP contribution in [0.2, 0.25) is 0 Å². The molecule has 26 heavy (non-hydrogen) atoms. The molecule has 2 amide bonds. The lowest BCUT2D eigenvalue weighted by Crippen LogP contribution is -2.12. The molecule has 2 aromatic carbocycles. The molecule has 3 aromatic rings. The molecule has 0 aliphatic rings. The molecule has 3 rings (SSSR count). The van der Waals surface area contributed by atoms with Gasteiger partial charge in [-0.25, -0.2) is 0 Å². The molecular formula is C18H16N4O4. The van der Waals surface area contributed by atoms with E-state index in [0.717, 1.165) is 0 Å². The van der Waals surface area contributed by atoms with E-state index in [0.29, 0.717) is 22.7 Å². The van der Waals surface area contributed by atoms with Crippen molar-refractivity contribution in [3.63, 3.8) is 0 Å². The van der Waals surface area contributed by atoms with Gasteiger partial charge < -0.3 is 19.8 Å². The molecular weight excluding hydrogens is 336 g/mol. The number of nitrogens with zero attached hydrogens (tertiary/aromatic N) is 2. The van der Waals surface area contributed by atoms with Gasteiger partial charge in [-0.05, 0) is 48.5 Å². The fourth-order valence-electron chi connectivity index (χ4n) is 2.19. The topological polar surface area (TPSA) is 106 Å². The largest absolute Gasteiger partial charge is 0.497 e. The van der Waals surface area contributed by atoms with Crippen molar-refractivity contribution < 1.29 is 18.7 Å². The molecule has 0 saturated heterocycles. The lowest BCUT2D eigenvalue weighted by atomic mass is 10.2. The lowest BCUT2D eigenvalue weighted by Gasteiger charge is -2.05. The number of amides is 2. The summed E-state index contributed by atoms with van der Waals surface area (Å²) in [6.45, 7) is 1.42. The third kappa shape index (κ3) is 4.04. The minimum atomic E-state index is -0.524. The fourth-order valence-corrected chi connectivity index (χ4v) is 2.19. The standard InChI is InChI=1S/C18H16N4O4/c1-11(23)19-13-5-7-14(8-6-13)20-16(24)18-22-21-17(26-18)12-3-9-15(25-2)10-4-12/h3-10H,1-2H3,(H,19,23)(H,20,24). The Hall–Kier alpha value is -3.68. The Morgan fingerprint density at radius 2 is 1.54 bits per heavy atom. The normalized spacial score (nSPS) is 10.2. The van der Waals surface area contributed by atoms with Crippen LogP contribution in [0.15, 0.2) is 52.9 Å². The summed E-state index contributed by atoms with van der Waals surface area (Å²) in [5.74, 6) is 0.0951. The summed E-state index contributed by atoms with van der Waals surface area (Å²) in [5.41, 5.74) is 1.85. The number of rotatable bonds is 5. The zero-order valence-electron chi connectivity index (χ0n) is 14.1. The van der Waals surface area contributed by atoms with Crippen LogP contribution in [-0.2, 0) is 4.79 Å². The third-order valence-corrected chi connectivity index (χ3v) is 3.42. The number of hydrogen-bond acceptors (Lipinski definition) is 6. The van der Waals surface area contributed by atoms with E-state index >= 15 is 0 Å². The fraction of sp³-hybridized carbons (Fsp3) is 0.111. The molecule has 0 spiro atoms. The van der Waals surface area contributed by atoms with Crippen LogP contribution >= 0.6 is 0 Å². The summed E-state index contributed by atoms with van der Waals surface area (Å²) in [6.07, 6.45) is 0. The molecule has 0 fully saturated rings. The highest BCUT2D eigenvalue weighted by molar-refractivity contribution is 6.01. The van der Waals surface area contributed by atoms with Crippen LogP contribution in [-0.4, -0.2) is 29.1 Å². The molecule has 0 aliphatic carbocycles. The number of benzene rings is 2. The number of carbonyl (C=O) groups excluding carboxylic acids is 2. The second-order valence-electron chi connectivity index (χ2n) is 5.35. The Morgan fingerprint density at radius 1 is 0.923 bits per heavy atom. The van der Waals surface area contributed by atoms with Crippen LogP contribution < -0.4 is 15.4 Å². The quantitative estimate of drug-likeness (QED) is 0.731. The second kappa shape index (κ2) is 7.47. The first-order valence-electron chi connectivity index (χ1n) is 7.72. The zero-order valence-corrected chi connectivity index (χ0v) is 14.1. The van der Waals surface area contributed by atoms with Crippen LogP contribution in [0.4, 0.5) is 11.4 Å². The molecule has 8 nitrogen and oxygen atoms in total. The highest BCUT2D eigenvalue weighted by atomic mass is 16.5. The van der Waals surface area contributed by atoms with E-state index in [1.54, 1.807) is 55.6 Å². The number of aromatic nitrogens is 2. The molecule has 0 aliphatic heterocycles. The van der Waals surface area contributed by atoms with Crippen molar-refractivity contribution in [1.29, 1.82) is 0 Å². The lowest BCUT2D eigenvalue weighted by molar-refractivity contribution is -0.114. The van der Waals surface area contributed by atoms with Gasteiger partial charge in [0.25, 0.3) is 0 Å². The van der Waals surface area contributed by atoms with Crippen molar-refractivity contribution in [3.05, 3.63) is 54.4 Å². The van der Waals surface area contributed by atoms with Gasteiger partial charge in [-0.1, -0.05) is 0 Å². The van der Waals surface area contributed by atoms with E-state index in [1.165, 1.54) is 6.92 Å². The van der Waals surface area contributed by atoms with Gasteiger partial charge in [-0.15, -0.1) is 10.2 Å². The van der Waals surface area contributed by atoms with Gasteiger partial charge in [0.05, 0.1) is 7.11 Å². The number of ether oxygens (including phenoxy) is 1. The Morgan fingerprint density at radius 3 is 2.12 bits per heavy atom. The SMILES string of the molecule is COc1ccc(-c2nnc(C(=O)Nc3ccc(NC(C)=O)cc3)o2)cc1. The predicted octanol–water partition coefficient (Wildman–Crippen LogP) is 2.96. The summed E-state index contributed by atoms with van der Waals surface area (Å²) in [6, 6.07) is 13.7. The van der Waals surface area contributed by atoms with E-state index in [-0.39, 0.29) is 17.7 Å². The smallest absolute Gasteiger partial charge is 0.313 e. The van der Waals surface area contributed by atoms with Crippen LogP contribution in [0.1, 0.15) is 17.6 Å². The zero-order chi connectivity index (χ0) is 18.5. The Balaban J connectivity index is 1.68. The predicted molar refractivity (Wildman–Crippen MR) is 95.0 cm³/mol. The summed E-state index contributed by atoms with van der Waals surface area (Å²) in [4.78, 5) is 23.2. The van der Waals surface area contributed by atoms with Gasteiger partial charge >= 0.3 is 11.8 Å². The molecule has 0 unspecified atom stereocenters. The Kier molecular flexibility index (Phi) is 4.93. The first-order valence-corrected chi connectivity index (χ1v) is 7.72. The van der Waals surface area contributed by atoms with Gasteiger partial charge in [0.1, 0.15) is 5.75 Å². The number of nitrogens with one attached hydrogen (secondary N) is 2. The van der Waals surface area contributed by atoms with Crippen LogP contribution in [0, 0.1) is 0 Å². The van der Waals surface area contributed by atoms with E-state index in [2.05, 4.69) is 20.8 Å². The van der Waals surface area contributed by atoms with Crippen molar-refractivity contribution >= 4 is 23.2 Å². The van der Waals surface area contributed by atoms with Gasteiger partial charge in [-0.2, -0.15) is 0 Å². The minimum Gasteiger partial charge on any atom is -0.497 e. The summed E-state index contributed by atoms with van der Waals surface area (Å²) in [5, 5.41) is 13.0. The summed E-state index contributed by atoms with van der Waals surface area (Å²) < 4.78 is 10.5. The van der Waals surface area contributed by atoms with Crippen molar-refractivity contribution in [2.24, 2.45) is 0 Å². The number of carbonyl (C=O) groups is 2. The van der Waals surface area contributed by atoms with E-state index in [1.807, 2.05) is 0 Å². The molecule has 0 atom stereocenters. The average Bonchev–Trinajstić information content (AvgIpc) is 3.13. The second-order valence-corrected chi connectivity index (χ2v) is 5.35. The maximum Gasteiger partial charge on any atom is 0.313 e. The number of anilines is 2. The maximum atomic E-state index is 12.2. The third-order valence-electron chi connectivity index (χ3n) is 3.42. The van der Waals surface area contributed by atoms with Gasteiger partial charge in [0.15, 0.2) is 0 Å². The minimum absolute atomic E-state index is 0.151. The molecule has 8 heteroatoms. The van der Waals surface area contributed by atoms with Gasteiger partial charge in [-0.3, -0.25) is 9.59 Å². The first kappa shape index (κ1) is 17.2. The highest BCUT2D eigenvalue weighted by Gasteiger charge is 2.16. The maximum absolute atomic E-state index is 12.2. The van der Waals surface area contributed by atoms with Crippen molar-refractivity contribution in [2.45, 2.75) is 6.92 Å². The summed E-state index contributed by atoms with van der Waals surface area (Å²) >= 11 is 0. The number of hydrogen-bond donors (Lipinski definition) is 2. The molecule has 0 radical (unpaired) electrons. The van der Waals surface area contributed by atoms with Gasteiger partial charge in [0.2, 0.25) is 11.8 Å². The average molecular weight is 352 g/mol. The van der Waals surface area contributed by atoms with Crippen molar-refractivity contribution in [1.82, 2.24) is 10.2 Å². The monoisotopic (exact) mass is 352 g/mol. The number of methoxy groups -OCH3 is 1. The molecule has 0 bridgehead atoms. The molecule has 1 aromatic heterocycles. The Labute approximate surface area is 149 Å². The van der Waals surface area contributed by atoms with Crippen LogP contribution in [0.5, 0.6) is 5.75 Å². The Bertz CT molecular complexity index is 917. The van der Waals surface area contributed by atoms with E-state index < -0.39 is 5.91 Å². The molecule has 1 heterocycles. The summed E-state index contributed by atoms with van der Waals surface area (Å²) in [7, 11) is 1.58. The first-order chi connectivity index (χ1) is 12.5. The highest BCUT2D eigenvalue weighted by Crippen LogP contribution is 2.21. The van der Waals surface area contributed by atoms with E-state index in [4.69, 9.17) is 9.15 Å². The molecule has 132 valence electrons. The molecule has 2 N–H and O–H groups in total. The van der Waals surface area contributed by atoms with Crippen LogP contribution in [0.25, 0.3) is 11.5 Å². The van der Waals surface area contributed by atoms with Gasteiger partial charge in [0, 0.05) is 23.9 Å². The molecule has 0 saturated carbocycles. The van der Waals surface area contributed by atoms with Crippen molar-refractivity contribution in [3.8, 4) is 17.2 Å². The van der Waals surface area contributed by atoms with E-state index in [9.17, 15) is 9.59 Å². The van der Waals surface area contributed by atoms with Crippen LogP contribution in [0.3, 0.4) is 0 Å².